The molecular formula is C12H14ClN5O4S. The molecule has 0 saturated carbocycles. The number of nitro groups is 1. The predicted molar refractivity (Wildman–Crippen MR) is 85.0 cm³/mol. The van der Waals surface area contributed by atoms with E-state index in [2.05, 4.69) is 10.3 Å². The second-order valence-corrected chi connectivity index (χ2v) is 7.47. The number of nitrogens with two attached hydrogens (primary N) is 2. The molecule has 1 aliphatic rings. The fourth-order valence-corrected chi connectivity index (χ4v) is 3.26. The van der Waals surface area contributed by atoms with Gasteiger partial charge in [-0.3, -0.25) is 15.8 Å². The van der Waals surface area contributed by atoms with Gasteiger partial charge in [0.25, 0.3) is 0 Å². The Balaban J connectivity index is 2.41. The van der Waals surface area contributed by atoms with Crippen LogP contribution in [0.4, 0.5) is 0 Å². The minimum atomic E-state index is -3.51. The van der Waals surface area contributed by atoms with Crippen molar-refractivity contribution in [3.8, 4) is 0 Å². The maximum atomic E-state index is 11.9. The fraction of sp³-hybridized carbons (Fsp3) is 0.250. The summed E-state index contributed by atoms with van der Waals surface area (Å²) in [5.74, 6) is -1.87. The van der Waals surface area contributed by atoms with E-state index in [-0.39, 0.29) is 17.2 Å². The van der Waals surface area contributed by atoms with Gasteiger partial charge in [-0.15, -0.1) is 0 Å². The van der Waals surface area contributed by atoms with Gasteiger partial charge in [-0.1, -0.05) is 11.6 Å². The maximum Gasteiger partial charge on any atom is 0.326 e. The third-order valence-electron chi connectivity index (χ3n) is 3.12. The number of nitrogens with one attached hydrogen (secondary N) is 1. The minimum absolute atomic E-state index is 0.0475. The van der Waals surface area contributed by atoms with Crippen LogP contribution in [-0.2, 0) is 16.3 Å². The zero-order valence-electron chi connectivity index (χ0n) is 12.0. The standard InChI is InChI=1S/C12H14ClN5O4S/c1-23(21,22)10-3-2-8(13)4-7(10)5-12(15)16-6-9(18(19)20)11(14)17-12/h2-4,6,16H,5,15H2,1H3,(H2,14,17). The summed E-state index contributed by atoms with van der Waals surface area (Å²) in [6.45, 7) is 0. The van der Waals surface area contributed by atoms with Crippen LogP contribution in [0.3, 0.4) is 0 Å². The molecule has 0 radical (unpaired) electrons. The van der Waals surface area contributed by atoms with Crippen molar-refractivity contribution >= 4 is 27.3 Å². The number of aliphatic imine (C=N–C) groups is 1. The van der Waals surface area contributed by atoms with Crippen LogP contribution in [0.15, 0.2) is 40.0 Å². The van der Waals surface area contributed by atoms with Gasteiger partial charge in [0, 0.05) is 17.7 Å². The summed E-state index contributed by atoms with van der Waals surface area (Å²) < 4.78 is 23.7. The molecule has 1 aromatic rings. The van der Waals surface area contributed by atoms with Gasteiger partial charge < -0.3 is 11.1 Å². The maximum absolute atomic E-state index is 11.9. The van der Waals surface area contributed by atoms with Gasteiger partial charge in [-0.05, 0) is 23.8 Å². The molecule has 0 aliphatic carbocycles. The van der Waals surface area contributed by atoms with Gasteiger partial charge in [0.1, 0.15) is 0 Å². The molecule has 1 aromatic carbocycles. The molecule has 1 atom stereocenters. The number of sulfone groups is 1. The SMILES string of the molecule is CS(=O)(=O)c1ccc(Cl)cc1CC1(N)N=C(N)C([N+](=O)[O-])=CN1. The van der Waals surface area contributed by atoms with Gasteiger partial charge in [0.05, 0.1) is 16.0 Å². The second-order valence-electron chi connectivity index (χ2n) is 5.05. The van der Waals surface area contributed by atoms with Gasteiger partial charge in [0.2, 0.25) is 5.84 Å². The lowest BCUT2D eigenvalue weighted by molar-refractivity contribution is -0.416. The molecule has 9 nitrogen and oxygen atoms in total. The second kappa shape index (κ2) is 5.80. The summed E-state index contributed by atoms with van der Waals surface area (Å²) in [5.41, 5.74) is 11.5. The van der Waals surface area contributed by atoms with E-state index in [0.717, 1.165) is 12.5 Å². The van der Waals surface area contributed by atoms with Gasteiger partial charge in [0.15, 0.2) is 15.6 Å². The summed E-state index contributed by atoms with van der Waals surface area (Å²) in [5, 5.41) is 13.7. The van der Waals surface area contributed by atoms with Crippen LogP contribution < -0.4 is 16.8 Å². The Morgan fingerprint density at radius 1 is 1.48 bits per heavy atom. The van der Waals surface area contributed by atoms with Crippen LogP contribution >= 0.6 is 11.6 Å². The quantitative estimate of drug-likeness (QED) is 0.504. The van der Waals surface area contributed by atoms with Crippen molar-refractivity contribution in [3.05, 3.63) is 50.8 Å². The van der Waals surface area contributed by atoms with Crippen molar-refractivity contribution in [2.75, 3.05) is 6.26 Å². The third kappa shape index (κ3) is 3.78. The average Bonchev–Trinajstić information content (AvgIpc) is 2.35. The number of hydrogen-bond acceptors (Lipinski definition) is 8. The molecule has 0 aromatic heterocycles. The topological polar surface area (TPSA) is 154 Å². The van der Waals surface area contributed by atoms with Crippen molar-refractivity contribution < 1.29 is 13.3 Å². The van der Waals surface area contributed by atoms with E-state index < -0.39 is 26.2 Å². The van der Waals surface area contributed by atoms with E-state index >= 15 is 0 Å². The van der Waals surface area contributed by atoms with Gasteiger partial charge in [-0.25, -0.2) is 13.4 Å². The van der Waals surface area contributed by atoms with E-state index in [4.69, 9.17) is 23.1 Å². The summed E-state index contributed by atoms with van der Waals surface area (Å²) >= 11 is 5.91. The molecule has 1 aliphatic heterocycles. The first kappa shape index (κ1) is 17.2. The fourth-order valence-electron chi connectivity index (χ4n) is 2.15. The molecule has 0 fully saturated rings. The highest BCUT2D eigenvalue weighted by Gasteiger charge is 2.33. The molecule has 0 saturated heterocycles. The van der Waals surface area contributed by atoms with E-state index in [9.17, 15) is 18.5 Å². The summed E-state index contributed by atoms with van der Waals surface area (Å²) in [6, 6.07) is 4.26. The average molecular weight is 360 g/mol. The van der Waals surface area contributed by atoms with Gasteiger partial charge in [-0.2, -0.15) is 0 Å². The molecule has 23 heavy (non-hydrogen) atoms. The molecule has 2 rings (SSSR count). The van der Waals surface area contributed by atoms with Crippen LogP contribution in [0.5, 0.6) is 0 Å². The first-order chi connectivity index (χ1) is 10.5. The molecule has 11 heteroatoms. The van der Waals surface area contributed by atoms with E-state index in [1.165, 1.54) is 18.2 Å². The van der Waals surface area contributed by atoms with Crippen molar-refractivity contribution in [2.24, 2.45) is 16.5 Å². The van der Waals surface area contributed by atoms with Crippen molar-refractivity contribution in [2.45, 2.75) is 17.1 Å². The van der Waals surface area contributed by atoms with E-state index in [1.807, 2.05) is 0 Å². The molecule has 124 valence electrons. The molecule has 1 unspecified atom stereocenters. The van der Waals surface area contributed by atoms with Crippen LogP contribution in [-0.4, -0.2) is 31.2 Å². The predicted octanol–water partition coefficient (Wildman–Crippen LogP) is -0.0230. The van der Waals surface area contributed by atoms with Crippen molar-refractivity contribution in [1.29, 1.82) is 0 Å². The Morgan fingerprint density at radius 3 is 2.65 bits per heavy atom. The van der Waals surface area contributed by atoms with E-state index in [0.29, 0.717) is 10.6 Å². The highest BCUT2D eigenvalue weighted by Crippen LogP contribution is 2.24. The molecule has 0 spiro atoms. The van der Waals surface area contributed by atoms with Crippen molar-refractivity contribution in [1.82, 2.24) is 5.32 Å². The Hall–Kier alpha value is -2.17. The lowest BCUT2D eigenvalue weighted by atomic mass is 10.1. The Bertz CT molecular complexity index is 836. The Morgan fingerprint density at radius 2 is 2.13 bits per heavy atom. The number of amidine groups is 1. The van der Waals surface area contributed by atoms with Crippen LogP contribution in [0.25, 0.3) is 0 Å². The summed E-state index contributed by atoms with van der Waals surface area (Å²) in [7, 11) is -3.51. The molecule has 1 heterocycles. The monoisotopic (exact) mass is 359 g/mol. The summed E-state index contributed by atoms with van der Waals surface area (Å²) in [6.07, 6.45) is 2.00. The number of benzene rings is 1. The number of halogens is 1. The molecule has 0 amide bonds. The normalized spacial score (nSPS) is 21.2. The lowest BCUT2D eigenvalue weighted by Crippen LogP contribution is -2.55. The van der Waals surface area contributed by atoms with Crippen LogP contribution in [0.1, 0.15) is 5.56 Å². The first-order valence-corrected chi connectivity index (χ1v) is 8.54. The number of rotatable bonds is 4. The highest BCUT2D eigenvalue weighted by molar-refractivity contribution is 7.90. The van der Waals surface area contributed by atoms with Gasteiger partial charge >= 0.3 is 5.70 Å². The van der Waals surface area contributed by atoms with Crippen LogP contribution in [0, 0.1) is 10.1 Å². The highest BCUT2D eigenvalue weighted by atomic mass is 35.5. The minimum Gasteiger partial charge on any atom is -0.378 e. The Labute approximate surface area is 137 Å². The van der Waals surface area contributed by atoms with Crippen molar-refractivity contribution in [3.63, 3.8) is 0 Å². The molecule has 5 N–H and O–H groups in total. The largest absolute Gasteiger partial charge is 0.378 e. The lowest BCUT2D eigenvalue weighted by Gasteiger charge is -2.29. The molecular weight excluding hydrogens is 346 g/mol. The third-order valence-corrected chi connectivity index (χ3v) is 4.55. The summed E-state index contributed by atoms with van der Waals surface area (Å²) in [4.78, 5) is 14.0. The molecule has 0 bridgehead atoms. The number of nitrogens with zero attached hydrogens (tertiary/aromatic N) is 2. The number of hydrogen-bond donors (Lipinski definition) is 3. The van der Waals surface area contributed by atoms with Crippen LogP contribution in [0.2, 0.25) is 5.02 Å². The zero-order chi connectivity index (χ0) is 17.4. The first-order valence-electron chi connectivity index (χ1n) is 6.27. The smallest absolute Gasteiger partial charge is 0.326 e. The Kier molecular flexibility index (Phi) is 4.33. The van der Waals surface area contributed by atoms with E-state index in [1.54, 1.807) is 0 Å². The zero-order valence-corrected chi connectivity index (χ0v) is 13.6.